The van der Waals surface area contributed by atoms with E-state index in [0.717, 1.165) is 27.6 Å². The molecule has 1 aliphatic heterocycles. The van der Waals surface area contributed by atoms with E-state index in [-0.39, 0.29) is 0 Å². The van der Waals surface area contributed by atoms with E-state index in [1.54, 1.807) is 0 Å². The summed E-state index contributed by atoms with van der Waals surface area (Å²) in [6.07, 6.45) is 4.54. The molecule has 1 aliphatic carbocycles. The zero-order valence-corrected chi connectivity index (χ0v) is 9.73. The molecule has 0 radical (unpaired) electrons. The van der Waals surface area contributed by atoms with Crippen molar-refractivity contribution in [3.63, 3.8) is 0 Å². The fourth-order valence-corrected chi connectivity index (χ4v) is 2.94. The van der Waals surface area contributed by atoms with Crippen molar-refractivity contribution in [1.82, 2.24) is 0 Å². The number of primary amides is 1. The molecule has 1 aromatic heterocycles. The molecule has 0 fully saturated rings. The molecule has 3 rings (SSSR count). The maximum Gasteiger partial charge on any atom is 0.258 e. The first-order valence-corrected chi connectivity index (χ1v) is 5.94. The Bertz CT molecular complexity index is 681. The van der Waals surface area contributed by atoms with Crippen LogP contribution in [0, 0.1) is 0 Å². The van der Waals surface area contributed by atoms with Crippen molar-refractivity contribution in [1.29, 1.82) is 0 Å². The average molecular weight is 251 g/mol. The van der Waals surface area contributed by atoms with Crippen LogP contribution in [0.4, 0.5) is 0 Å². The normalized spacial score (nSPS) is 17.2. The van der Waals surface area contributed by atoms with Gasteiger partial charge in [0.1, 0.15) is 4.67 Å². The standard InChI is InChI=1S/C11H7ClN2OS/c12-5-1-2-6-7-4-9(10(13)15)16-11(7)14-8(6)3-5/h1,3-4H,2H2,(H2,13,15). The van der Waals surface area contributed by atoms with Crippen molar-refractivity contribution < 1.29 is 4.79 Å². The second-order valence-corrected chi connectivity index (χ2v) is 5.07. The molecular formula is C11H7ClN2OS. The number of rotatable bonds is 1. The monoisotopic (exact) mass is 250 g/mol. The minimum Gasteiger partial charge on any atom is -0.365 e. The third-order valence-corrected chi connectivity index (χ3v) is 3.89. The van der Waals surface area contributed by atoms with Crippen LogP contribution in [0.15, 0.2) is 33.9 Å². The van der Waals surface area contributed by atoms with Gasteiger partial charge in [-0.2, -0.15) is 0 Å². The van der Waals surface area contributed by atoms with Crippen LogP contribution >= 0.6 is 22.9 Å². The highest BCUT2D eigenvalue weighted by molar-refractivity contribution is 7.11. The van der Waals surface area contributed by atoms with Crippen molar-refractivity contribution in [3.8, 4) is 0 Å². The molecule has 0 aromatic carbocycles. The Morgan fingerprint density at radius 3 is 3.12 bits per heavy atom. The smallest absolute Gasteiger partial charge is 0.258 e. The number of carbonyl (C=O) groups excluding carboxylic acids is 1. The first kappa shape index (κ1) is 9.81. The fraction of sp³-hybridized carbons (Fsp3) is 0.0909. The highest BCUT2D eigenvalue weighted by atomic mass is 35.5. The van der Waals surface area contributed by atoms with Gasteiger partial charge in [-0.25, -0.2) is 4.99 Å². The number of nitrogens with two attached hydrogens (primary N) is 1. The Balaban J connectivity index is 2.25. The lowest BCUT2D eigenvalue weighted by Gasteiger charge is -2.06. The first-order chi connectivity index (χ1) is 7.65. The summed E-state index contributed by atoms with van der Waals surface area (Å²) in [5.41, 5.74) is 7.27. The lowest BCUT2D eigenvalue weighted by atomic mass is 10.0. The minimum atomic E-state index is -0.398. The number of thiophene rings is 1. The van der Waals surface area contributed by atoms with Gasteiger partial charge in [-0.15, -0.1) is 11.3 Å². The van der Waals surface area contributed by atoms with Crippen LogP contribution < -0.4 is 15.6 Å². The number of hydrogen-bond acceptors (Lipinski definition) is 3. The molecule has 1 amide bonds. The number of fused-ring (bicyclic) bond motifs is 2. The molecule has 2 N–H and O–H groups in total. The Labute approximate surface area is 100 Å². The number of hydrogen-bond donors (Lipinski definition) is 1. The van der Waals surface area contributed by atoms with Gasteiger partial charge in [-0.3, -0.25) is 4.79 Å². The molecule has 0 unspecified atom stereocenters. The molecule has 2 heterocycles. The van der Waals surface area contributed by atoms with Crippen molar-refractivity contribution in [2.24, 2.45) is 10.7 Å². The second kappa shape index (κ2) is 3.30. The highest BCUT2D eigenvalue weighted by Crippen LogP contribution is 2.27. The number of allylic oxidation sites excluding steroid dienone is 4. The van der Waals surface area contributed by atoms with Crippen molar-refractivity contribution in [2.75, 3.05) is 0 Å². The molecule has 0 saturated heterocycles. The molecule has 0 spiro atoms. The van der Waals surface area contributed by atoms with E-state index >= 15 is 0 Å². The maximum absolute atomic E-state index is 11.1. The SMILES string of the molecule is NC(=O)c1cc2c(s1)=NC1=CC(Cl)=CCC=21. The van der Waals surface area contributed by atoms with Gasteiger partial charge in [0.05, 0.1) is 10.6 Å². The van der Waals surface area contributed by atoms with Crippen molar-refractivity contribution >= 4 is 34.4 Å². The summed E-state index contributed by atoms with van der Waals surface area (Å²) in [5, 5.41) is 1.73. The molecule has 0 atom stereocenters. The van der Waals surface area contributed by atoms with E-state index < -0.39 is 5.91 Å². The predicted molar refractivity (Wildman–Crippen MR) is 63.7 cm³/mol. The molecule has 2 aliphatic rings. The zero-order valence-electron chi connectivity index (χ0n) is 8.16. The topological polar surface area (TPSA) is 55.5 Å². The Kier molecular flexibility index (Phi) is 2.02. The Morgan fingerprint density at radius 1 is 1.56 bits per heavy atom. The van der Waals surface area contributed by atoms with Crippen LogP contribution in [-0.4, -0.2) is 5.91 Å². The number of amides is 1. The predicted octanol–water partition coefficient (Wildman–Crippen LogP) is 1.04. The van der Waals surface area contributed by atoms with E-state index in [2.05, 4.69) is 4.99 Å². The third kappa shape index (κ3) is 1.34. The third-order valence-electron chi connectivity index (χ3n) is 2.59. The summed E-state index contributed by atoms with van der Waals surface area (Å²) >= 11 is 7.24. The van der Waals surface area contributed by atoms with E-state index in [9.17, 15) is 4.79 Å². The van der Waals surface area contributed by atoms with Crippen LogP contribution in [0.2, 0.25) is 0 Å². The van der Waals surface area contributed by atoms with Gasteiger partial charge in [-0.05, 0) is 24.1 Å². The number of carbonyl (C=O) groups is 1. The molecule has 5 heteroatoms. The molecule has 1 aromatic rings. The van der Waals surface area contributed by atoms with Gasteiger partial charge in [-0.1, -0.05) is 17.7 Å². The minimum absolute atomic E-state index is 0.398. The fourth-order valence-electron chi connectivity index (χ4n) is 1.84. The maximum atomic E-state index is 11.1. The van der Waals surface area contributed by atoms with Crippen LogP contribution in [0.1, 0.15) is 16.1 Å². The van der Waals surface area contributed by atoms with Gasteiger partial charge in [0, 0.05) is 10.3 Å². The summed E-state index contributed by atoms with van der Waals surface area (Å²) in [6.45, 7) is 0. The van der Waals surface area contributed by atoms with Crippen LogP contribution in [0.5, 0.6) is 0 Å². The summed E-state index contributed by atoms with van der Waals surface area (Å²) < 4.78 is 0.856. The summed E-state index contributed by atoms with van der Waals surface area (Å²) in [6, 6.07) is 1.81. The molecule has 80 valence electrons. The van der Waals surface area contributed by atoms with Crippen LogP contribution in [0.25, 0.3) is 5.57 Å². The molecular weight excluding hydrogens is 244 g/mol. The molecule has 0 saturated carbocycles. The van der Waals surface area contributed by atoms with Gasteiger partial charge < -0.3 is 5.73 Å². The van der Waals surface area contributed by atoms with E-state index in [1.165, 1.54) is 11.3 Å². The number of halogens is 1. The lowest BCUT2D eigenvalue weighted by Crippen LogP contribution is -2.16. The lowest BCUT2D eigenvalue weighted by molar-refractivity contribution is 0.100. The van der Waals surface area contributed by atoms with Gasteiger partial charge >= 0.3 is 0 Å². The van der Waals surface area contributed by atoms with Crippen LogP contribution in [-0.2, 0) is 0 Å². The quantitative estimate of drug-likeness (QED) is 0.796. The van der Waals surface area contributed by atoms with Crippen molar-refractivity contribution in [2.45, 2.75) is 6.42 Å². The largest absolute Gasteiger partial charge is 0.365 e. The van der Waals surface area contributed by atoms with Gasteiger partial charge in [0.15, 0.2) is 0 Å². The molecule has 16 heavy (non-hydrogen) atoms. The highest BCUT2D eigenvalue weighted by Gasteiger charge is 2.18. The van der Waals surface area contributed by atoms with E-state index in [4.69, 9.17) is 17.3 Å². The van der Waals surface area contributed by atoms with E-state index in [0.29, 0.717) is 9.91 Å². The van der Waals surface area contributed by atoms with Crippen molar-refractivity contribution in [3.05, 3.63) is 43.7 Å². The Morgan fingerprint density at radius 2 is 2.38 bits per heavy atom. The first-order valence-electron chi connectivity index (χ1n) is 4.74. The summed E-state index contributed by atoms with van der Waals surface area (Å²) in [5.74, 6) is -0.398. The summed E-state index contributed by atoms with van der Waals surface area (Å²) in [7, 11) is 0. The second-order valence-electron chi connectivity index (χ2n) is 3.61. The molecule has 0 bridgehead atoms. The molecule has 3 nitrogen and oxygen atoms in total. The van der Waals surface area contributed by atoms with Gasteiger partial charge in [0.2, 0.25) is 0 Å². The number of nitrogens with zero attached hydrogens (tertiary/aromatic N) is 1. The zero-order chi connectivity index (χ0) is 11.3. The van der Waals surface area contributed by atoms with Crippen LogP contribution in [0.3, 0.4) is 0 Å². The summed E-state index contributed by atoms with van der Waals surface area (Å²) in [4.78, 5) is 16.0. The van der Waals surface area contributed by atoms with Gasteiger partial charge in [0.25, 0.3) is 5.91 Å². The Hall–Kier alpha value is -1.39. The van der Waals surface area contributed by atoms with E-state index in [1.807, 2.05) is 18.2 Å². The average Bonchev–Trinajstić information content (AvgIpc) is 2.73.